The summed E-state index contributed by atoms with van der Waals surface area (Å²) in [7, 11) is 0. The summed E-state index contributed by atoms with van der Waals surface area (Å²) >= 11 is 1.37. The molecule has 0 aliphatic carbocycles. The summed E-state index contributed by atoms with van der Waals surface area (Å²) in [6, 6.07) is 6.93. The van der Waals surface area contributed by atoms with Crippen molar-refractivity contribution in [3.8, 4) is 5.19 Å². The molecule has 0 unspecified atom stereocenters. The largest absolute Gasteiger partial charge is 0.464 e. The van der Waals surface area contributed by atoms with Gasteiger partial charge < -0.3 is 10.1 Å². The van der Waals surface area contributed by atoms with E-state index in [0.717, 1.165) is 5.01 Å². The molecular weight excluding hydrogens is 265 g/mol. The van der Waals surface area contributed by atoms with Gasteiger partial charge in [0.1, 0.15) is 17.4 Å². The number of nitrogens with zero attached hydrogens (tertiary/aromatic N) is 2. The Morgan fingerprint density at radius 3 is 2.84 bits per heavy atom. The van der Waals surface area contributed by atoms with Crippen molar-refractivity contribution in [2.45, 2.75) is 33.0 Å². The summed E-state index contributed by atoms with van der Waals surface area (Å²) in [6.45, 7) is 4.96. The average Bonchev–Trinajstić information content (AvgIpc) is 2.83. The number of halogens is 1. The van der Waals surface area contributed by atoms with E-state index in [1.54, 1.807) is 18.2 Å². The SMILES string of the molecule is CC(C)NCc1nnc(OCc2ccccc2F)s1. The average molecular weight is 281 g/mol. The minimum absolute atomic E-state index is 0.166. The van der Waals surface area contributed by atoms with Crippen LogP contribution in [0.1, 0.15) is 24.4 Å². The number of hydrogen-bond donors (Lipinski definition) is 1. The molecule has 1 aromatic carbocycles. The highest BCUT2D eigenvalue weighted by Gasteiger charge is 2.07. The summed E-state index contributed by atoms with van der Waals surface area (Å²) < 4.78 is 18.8. The van der Waals surface area contributed by atoms with Gasteiger partial charge in [0.05, 0.1) is 6.54 Å². The Bertz CT molecular complexity index is 530. The highest BCUT2D eigenvalue weighted by atomic mass is 32.1. The fourth-order valence-electron chi connectivity index (χ4n) is 1.41. The Morgan fingerprint density at radius 2 is 2.11 bits per heavy atom. The summed E-state index contributed by atoms with van der Waals surface area (Å²) in [4.78, 5) is 0. The van der Waals surface area contributed by atoms with E-state index in [1.165, 1.54) is 17.4 Å². The predicted octanol–water partition coefficient (Wildman–Crippen LogP) is 2.75. The van der Waals surface area contributed by atoms with E-state index in [-0.39, 0.29) is 12.4 Å². The Hall–Kier alpha value is -1.53. The van der Waals surface area contributed by atoms with Crippen LogP contribution in [-0.2, 0) is 13.2 Å². The number of benzene rings is 1. The summed E-state index contributed by atoms with van der Waals surface area (Å²) in [6.07, 6.45) is 0. The first kappa shape index (κ1) is 13.9. The van der Waals surface area contributed by atoms with Crippen LogP contribution in [0.15, 0.2) is 24.3 Å². The van der Waals surface area contributed by atoms with E-state index in [4.69, 9.17) is 4.74 Å². The molecule has 6 heteroatoms. The molecule has 0 fully saturated rings. The van der Waals surface area contributed by atoms with Crippen molar-refractivity contribution in [2.24, 2.45) is 0 Å². The first-order valence-electron chi connectivity index (χ1n) is 6.07. The highest BCUT2D eigenvalue weighted by molar-refractivity contribution is 7.13. The van der Waals surface area contributed by atoms with Gasteiger partial charge in [-0.3, -0.25) is 0 Å². The second-order valence-electron chi connectivity index (χ2n) is 4.38. The van der Waals surface area contributed by atoms with Crippen LogP contribution in [0.5, 0.6) is 5.19 Å². The molecule has 4 nitrogen and oxygen atoms in total. The van der Waals surface area contributed by atoms with Gasteiger partial charge in [-0.25, -0.2) is 4.39 Å². The lowest BCUT2D eigenvalue weighted by atomic mass is 10.2. The normalized spacial score (nSPS) is 10.9. The van der Waals surface area contributed by atoms with Gasteiger partial charge in [0.2, 0.25) is 0 Å². The quantitative estimate of drug-likeness (QED) is 0.884. The molecule has 0 saturated carbocycles. The number of aromatic nitrogens is 2. The van der Waals surface area contributed by atoms with E-state index < -0.39 is 0 Å². The third-order valence-electron chi connectivity index (χ3n) is 2.42. The standard InChI is InChI=1S/C13H16FN3OS/c1-9(2)15-7-12-16-17-13(19-12)18-8-10-5-3-4-6-11(10)14/h3-6,9,15H,7-8H2,1-2H3. The lowest BCUT2D eigenvalue weighted by Gasteiger charge is -2.04. The van der Waals surface area contributed by atoms with Crippen LogP contribution in [0, 0.1) is 5.82 Å². The molecule has 0 bridgehead atoms. The summed E-state index contributed by atoms with van der Waals surface area (Å²) in [5.41, 5.74) is 0.513. The lowest BCUT2D eigenvalue weighted by molar-refractivity contribution is 0.295. The Morgan fingerprint density at radius 1 is 1.32 bits per heavy atom. The molecule has 1 aromatic heterocycles. The van der Waals surface area contributed by atoms with E-state index in [0.29, 0.717) is 23.3 Å². The van der Waals surface area contributed by atoms with Crippen molar-refractivity contribution < 1.29 is 9.13 Å². The van der Waals surface area contributed by atoms with Crippen molar-refractivity contribution in [1.29, 1.82) is 0 Å². The Labute approximate surface area is 115 Å². The van der Waals surface area contributed by atoms with Crippen LogP contribution in [0.4, 0.5) is 4.39 Å². The van der Waals surface area contributed by atoms with Crippen molar-refractivity contribution in [3.05, 3.63) is 40.7 Å². The van der Waals surface area contributed by atoms with E-state index in [9.17, 15) is 4.39 Å². The molecule has 2 rings (SSSR count). The minimum Gasteiger partial charge on any atom is -0.464 e. The molecule has 19 heavy (non-hydrogen) atoms. The molecule has 1 N–H and O–H groups in total. The van der Waals surface area contributed by atoms with E-state index in [1.807, 2.05) is 0 Å². The van der Waals surface area contributed by atoms with Crippen LogP contribution in [0.2, 0.25) is 0 Å². The summed E-state index contributed by atoms with van der Waals surface area (Å²) in [5, 5.41) is 12.5. The third-order valence-corrected chi connectivity index (χ3v) is 3.25. The van der Waals surface area contributed by atoms with Crippen LogP contribution in [0.3, 0.4) is 0 Å². The van der Waals surface area contributed by atoms with Crippen molar-refractivity contribution in [2.75, 3.05) is 0 Å². The molecule has 2 aromatic rings. The van der Waals surface area contributed by atoms with Gasteiger partial charge in [0.25, 0.3) is 5.19 Å². The van der Waals surface area contributed by atoms with E-state index in [2.05, 4.69) is 29.4 Å². The number of rotatable bonds is 6. The lowest BCUT2D eigenvalue weighted by Crippen LogP contribution is -2.21. The van der Waals surface area contributed by atoms with Gasteiger partial charge in [-0.15, -0.1) is 5.10 Å². The maximum absolute atomic E-state index is 13.4. The Kier molecular flexibility index (Phi) is 4.81. The molecular formula is C13H16FN3OS. The molecule has 0 amide bonds. The van der Waals surface area contributed by atoms with Gasteiger partial charge in [-0.05, 0) is 6.07 Å². The fraction of sp³-hybridized carbons (Fsp3) is 0.385. The van der Waals surface area contributed by atoms with Crippen molar-refractivity contribution in [3.63, 3.8) is 0 Å². The molecule has 0 saturated heterocycles. The zero-order chi connectivity index (χ0) is 13.7. The maximum atomic E-state index is 13.4. The third kappa shape index (κ3) is 4.25. The highest BCUT2D eigenvalue weighted by Crippen LogP contribution is 2.19. The van der Waals surface area contributed by atoms with Gasteiger partial charge in [-0.2, -0.15) is 0 Å². The predicted molar refractivity (Wildman–Crippen MR) is 72.6 cm³/mol. The number of ether oxygens (including phenoxy) is 1. The number of nitrogens with one attached hydrogen (secondary N) is 1. The Balaban J connectivity index is 1.88. The first-order valence-corrected chi connectivity index (χ1v) is 6.89. The first-order chi connectivity index (χ1) is 9.15. The number of hydrogen-bond acceptors (Lipinski definition) is 5. The molecule has 0 atom stereocenters. The van der Waals surface area contributed by atoms with Gasteiger partial charge in [0, 0.05) is 11.6 Å². The molecule has 0 aliphatic rings. The fourth-order valence-corrected chi connectivity index (χ4v) is 2.05. The zero-order valence-electron chi connectivity index (χ0n) is 10.9. The monoisotopic (exact) mass is 281 g/mol. The molecule has 102 valence electrons. The summed E-state index contributed by atoms with van der Waals surface area (Å²) in [5.74, 6) is -0.270. The second-order valence-corrected chi connectivity index (χ2v) is 5.40. The van der Waals surface area contributed by atoms with Crippen LogP contribution < -0.4 is 10.1 Å². The van der Waals surface area contributed by atoms with Crippen LogP contribution >= 0.6 is 11.3 Å². The van der Waals surface area contributed by atoms with Crippen LogP contribution in [0.25, 0.3) is 0 Å². The topological polar surface area (TPSA) is 47.0 Å². The molecule has 0 aliphatic heterocycles. The molecule has 0 spiro atoms. The van der Waals surface area contributed by atoms with Gasteiger partial charge in [0.15, 0.2) is 0 Å². The zero-order valence-corrected chi connectivity index (χ0v) is 11.7. The van der Waals surface area contributed by atoms with E-state index >= 15 is 0 Å². The van der Waals surface area contributed by atoms with Crippen LogP contribution in [-0.4, -0.2) is 16.2 Å². The minimum atomic E-state index is -0.270. The van der Waals surface area contributed by atoms with Crippen molar-refractivity contribution in [1.82, 2.24) is 15.5 Å². The van der Waals surface area contributed by atoms with Crippen molar-refractivity contribution >= 4 is 11.3 Å². The van der Waals surface area contributed by atoms with Gasteiger partial charge >= 0.3 is 0 Å². The molecule has 1 heterocycles. The van der Waals surface area contributed by atoms with Gasteiger partial charge in [-0.1, -0.05) is 48.5 Å². The smallest absolute Gasteiger partial charge is 0.294 e. The second kappa shape index (κ2) is 6.58. The maximum Gasteiger partial charge on any atom is 0.294 e. The molecule has 0 radical (unpaired) electrons.